The summed E-state index contributed by atoms with van der Waals surface area (Å²) >= 11 is 0. The molecule has 0 radical (unpaired) electrons. The summed E-state index contributed by atoms with van der Waals surface area (Å²) in [6.45, 7) is 11.3. The number of amides is 1. The predicted molar refractivity (Wildman–Crippen MR) is 97.4 cm³/mol. The summed E-state index contributed by atoms with van der Waals surface area (Å²) in [5, 5.41) is 0. The van der Waals surface area contributed by atoms with Crippen LogP contribution in [0.15, 0.2) is 17.0 Å². The molecule has 0 atom stereocenters. The fourth-order valence-corrected chi connectivity index (χ4v) is 4.73. The number of rotatable bonds is 5. The lowest BCUT2D eigenvalue weighted by Gasteiger charge is -2.33. The Bertz CT molecular complexity index is 736. The summed E-state index contributed by atoms with van der Waals surface area (Å²) < 4.78 is 33.4. The Morgan fingerprint density at radius 1 is 1.20 bits per heavy atom. The average molecular weight is 368 g/mol. The second-order valence-corrected chi connectivity index (χ2v) is 8.56. The van der Waals surface area contributed by atoms with Crippen molar-refractivity contribution in [1.29, 1.82) is 0 Å². The van der Waals surface area contributed by atoms with E-state index >= 15 is 0 Å². The molecule has 25 heavy (non-hydrogen) atoms. The molecular weight excluding hydrogens is 340 g/mol. The first-order valence-electron chi connectivity index (χ1n) is 8.71. The third-order valence-electron chi connectivity index (χ3n) is 4.53. The van der Waals surface area contributed by atoms with Gasteiger partial charge in [0.15, 0.2) is 0 Å². The van der Waals surface area contributed by atoms with E-state index in [2.05, 4.69) is 0 Å². The van der Waals surface area contributed by atoms with Crippen molar-refractivity contribution in [1.82, 2.24) is 9.21 Å². The molecule has 140 valence electrons. The predicted octanol–water partition coefficient (Wildman–Crippen LogP) is 2.37. The van der Waals surface area contributed by atoms with Gasteiger partial charge in [0.05, 0.1) is 11.5 Å². The summed E-state index contributed by atoms with van der Waals surface area (Å²) in [6, 6.07) is 3.56. The highest BCUT2D eigenvalue weighted by Gasteiger charge is 2.31. The molecule has 6 nitrogen and oxygen atoms in total. The Morgan fingerprint density at radius 3 is 2.28 bits per heavy atom. The number of ether oxygens (including phenoxy) is 1. The largest absolute Gasteiger partial charge is 0.494 e. The minimum atomic E-state index is -3.59. The lowest BCUT2D eigenvalue weighted by Crippen LogP contribution is -2.50. The molecule has 1 aliphatic rings. The van der Waals surface area contributed by atoms with Gasteiger partial charge in [0.25, 0.3) is 0 Å². The highest BCUT2D eigenvalue weighted by Crippen LogP contribution is 2.33. The number of nitrogens with zero attached hydrogens (tertiary/aromatic N) is 2. The zero-order valence-electron chi connectivity index (χ0n) is 15.7. The molecule has 0 spiro atoms. The van der Waals surface area contributed by atoms with Crippen molar-refractivity contribution in [3.63, 3.8) is 0 Å². The molecule has 1 heterocycles. The average Bonchev–Trinajstić information content (AvgIpc) is 2.54. The van der Waals surface area contributed by atoms with Crippen LogP contribution in [0.4, 0.5) is 0 Å². The van der Waals surface area contributed by atoms with Crippen LogP contribution in [0.5, 0.6) is 5.75 Å². The van der Waals surface area contributed by atoms with E-state index in [-0.39, 0.29) is 11.8 Å². The van der Waals surface area contributed by atoms with Crippen molar-refractivity contribution in [2.24, 2.45) is 0 Å². The minimum Gasteiger partial charge on any atom is -0.494 e. The second kappa shape index (κ2) is 7.74. The van der Waals surface area contributed by atoms with Crippen molar-refractivity contribution >= 4 is 15.9 Å². The summed E-state index contributed by atoms with van der Waals surface area (Å²) in [5.74, 6) is 0.886. The van der Waals surface area contributed by atoms with Crippen LogP contribution in [-0.4, -0.2) is 56.3 Å². The molecule has 1 aliphatic heterocycles. The molecule has 0 aliphatic carbocycles. The van der Waals surface area contributed by atoms with Gasteiger partial charge in [-0.15, -0.1) is 0 Å². The standard InChI is InChI=1S/C18H28N2O4S/c1-6-24-17-11-14(4)18(12-16(17)13(2)3)25(22,23)20-9-7-19(8-10-20)15(5)21/h11-13H,6-10H2,1-5H3. The maximum absolute atomic E-state index is 13.1. The molecule has 0 aromatic heterocycles. The first-order valence-corrected chi connectivity index (χ1v) is 10.2. The van der Waals surface area contributed by atoms with Crippen LogP contribution in [0.1, 0.15) is 44.7 Å². The van der Waals surface area contributed by atoms with Crippen LogP contribution < -0.4 is 4.74 Å². The monoisotopic (exact) mass is 368 g/mol. The molecule has 1 amide bonds. The van der Waals surface area contributed by atoms with Crippen molar-refractivity contribution in [2.75, 3.05) is 32.8 Å². The van der Waals surface area contributed by atoms with E-state index in [4.69, 9.17) is 4.74 Å². The number of carbonyl (C=O) groups is 1. The van der Waals surface area contributed by atoms with Crippen molar-refractivity contribution in [2.45, 2.75) is 45.4 Å². The first kappa shape index (κ1) is 19.7. The van der Waals surface area contributed by atoms with Gasteiger partial charge in [-0.2, -0.15) is 4.31 Å². The van der Waals surface area contributed by atoms with Crippen molar-refractivity contribution in [3.05, 3.63) is 23.3 Å². The second-order valence-electron chi connectivity index (χ2n) is 6.65. The summed E-state index contributed by atoms with van der Waals surface area (Å²) in [5.41, 5.74) is 1.58. The molecule has 0 saturated carbocycles. The SMILES string of the molecule is CCOc1cc(C)c(S(=O)(=O)N2CCN(C(C)=O)CC2)cc1C(C)C. The van der Waals surface area contributed by atoms with E-state index in [9.17, 15) is 13.2 Å². The Balaban J connectivity index is 2.36. The van der Waals surface area contributed by atoms with Gasteiger partial charge >= 0.3 is 0 Å². The smallest absolute Gasteiger partial charge is 0.243 e. The van der Waals surface area contributed by atoms with E-state index in [0.717, 1.165) is 11.3 Å². The van der Waals surface area contributed by atoms with Crippen molar-refractivity contribution in [3.8, 4) is 5.75 Å². The first-order chi connectivity index (χ1) is 11.7. The number of sulfonamides is 1. The van der Waals surface area contributed by atoms with Gasteiger partial charge in [-0.1, -0.05) is 13.8 Å². The quantitative estimate of drug-likeness (QED) is 0.800. The van der Waals surface area contributed by atoms with Gasteiger partial charge in [-0.05, 0) is 43.0 Å². The molecule has 2 rings (SSSR count). The van der Waals surface area contributed by atoms with Crippen molar-refractivity contribution < 1.29 is 17.9 Å². The Kier molecular flexibility index (Phi) is 6.11. The highest BCUT2D eigenvalue weighted by molar-refractivity contribution is 7.89. The number of aryl methyl sites for hydroxylation is 1. The molecule has 0 N–H and O–H groups in total. The maximum atomic E-state index is 13.1. The van der Waals surface area contributed by atoms with E-state index < -0.39 is 10.0 Å². The molecule has 0 bridgehead atoms. The van der Waals surface area contributed by atoms with Crippen LogP contribution in [0.25, 0.3) is 0 Å². The van der Waals surface area contributed by atoms with Crippen LogP contribution >= 0.6 is 0 Å². The lowest BCUT2D eigenvalue weighted by molar-refractivity contribution is -0.129. The van der Waals surface area contributed by atoms with Crippen LogP contribution in [-0.2, 0) is 14.8 Å². The Morgan fingerprint density at radius 2 is 1.80 bits per heavy atom. The zero-order chi connectivity index (χ0) is 18.8. The number of piperazine rings is 1. The number of hydrogen-bond acceptors (Lipinski definition) is 4. The lowest BCUT2D eigenvalue weighted by atomic mass is 10.0. The van der Waals surface area contributed by atoms with Crippen LogP contribution in [0, 0.1) is 6.92 Å². The topological polar surface area (TPSA) is 66.9 Å². The Labute approximate surface area is 150 Å². The third kappa shape index (κ3) is 4.15. The molecule has 7 heteroatoms. The molecule has 1 saturated heterocycles. The summed E-state index contributed by atoms with van der Waals surface area (Å²) in [7, 11) is -3.59. The molecule has 1 aromatic rings. The molecule has 0 unspecified atom stereocenters. The van der Waals surface area contributed by atoms with Gasteiger partial charge in [0.2, 0.25) is 15.9 Å². The minimum absolute atomic E-state index is 0.0172. The van der Waals surface area contributed by atoms with Crippen LogP contribution in [0.3, 0.4) is 0 Å². The molecule has 1 aromatic carbocycles. The van der Waals surface area contributed by atoms with Crippen LogP contribution in [0.2, 0.25) is 0 Å². The number of carbonyl (C=O) groups excluding carboxylic acids is 1. The van der Waals surface area contributed by atoms with Gasteiger partial charge in [-0.25, -0.2) is 8.42 Å². The maximum Gasteiger partial charge on any atom is 0.243 e. The van der Waals surface area contributed by atoms with E-state index in [1.807, 2.05) is 26.8 Å². The summed E-state index contributed by atoms with van der Waals surface area (Å²) in [4.78, 5) is 13.4. The Hall–Kier alpha value is -1.60. The van der Waals surface area contributed by atoms with E-state index in [1.54, 1.807) is 17.9 Å². The normalized spacial score (nSPS) is 16.3. The van der Waals surface area contributed by atoms with Gasteiger partial charge in [0.1, 0.15) is 5.75 Å². The van der Waals surface area contributed by atoms with E-state index in [0.29, 0.717) is 43.2 Å². The fourth-order valence-electron chi connectivity index (χ4n) is 3.07. The van der Waals surface area contributed by atoms with Gasteiger partial charge in [0, 0.05) is 33.1 Å². The zero-order valence-corrected chi connectivity index (χ0v) is 16.5. The van der Waals surface area contributed by atoms with Gasteiger partial charge in [-0.3, -0.25) is 4.79 Å². The fraction of sp³-hybridized carbons (Fsp3) is 0.611. The van der Waals surface area contributed by atoms with Gasteiger partial charge < -0.3 is 9.64 Å². The highest BCUT2D eigenvalue weighted by atomic mass is 32.2. The molecular formula is C18H28N2O4S. The number of benzene rings is 1. The number of hydrogen-bond donors (Lipinski definition) is 0. The third-order valence-corrected chi connectivity index (χ3v) is 6.57. The summed E-state index contributed by atoms with van der Waals surface area (Å²) in [6.07, 6.45) is 0. The molecule has 1 fully saturated rings. The van der Waals surface area contributed by atoms with E-state index in [1.165, 1.54) is 11.2 Å².